The molecule has 2 aromatic heterocycles. The molecule has 3 aromatic rings. The average Bonchev–Trinajstić information content (AvgIpc) is 3.15. The smallest absolute Gasteiger partial charge is 0.335 e. The molecule has 0 saturated heterocycles. The van der Waals surface area contributed by atoms with Crippen LogP contribution in [0.4, 0.5) is 5.82 Å². The third kappa shape index (κ3) is 3.69. The number of rotatable bonds is 5. The summed E-state index contributed by atoms with van der Waals surface area (Å²) in [4.78, 5) is 26.7. The van der Waals surface area contributed by atoms with Crippen molar-refractivity contribution in [3.8, 4) is 0 Å². The van der Waals surface area contributed by atoms with Gasteiger partial charge in [-0.15, -0.1) is 0 Å². The normalized spacial score (nSPS) is 23.3. The van der Waals surface area contributed by atoms with Gasteiger partial charge in [0.05, 0.1) is 11.3 Å². The Morgan fingerprint density at radius 3 is 2.66 bits per heavy atom. The number of hydrogen-bond acceptors (Lipinski definition) is 5. The van der Waals surface area contributed by atoms with Crippen molar-refractivity contribution >= 4 is 34.4 Å². The first-order valence-corrected chi connectivity index (χ1v) is 10.6. The van der Waals surface area contributed by atoms with Crippen molar-refractivity contribution in [2.75, 3.05) is 5.48 Å². The van der Waals surface area contributed by atoms with Crippen molar-refractivity contribution in [2.24, 2.45) is 17.8 Å². The summed E-state index contributed by atoms with van der Waals surface area (Å²) in [5.41, 5.74) is 4.62. The van der Waals surface area contributed by atoms with Gasteiger partial charge in [-0.25, -0.2) is 4.79 Å². The summed E-state index contributed by atoms with van der Waals surface area (Å²) >= 11 is 6.16. The number of aromatic nitrogens is 3. The van der Waals surface area contributed by atoms with Crippen LogP contribution in [0.15, 0.2) is 42.6 Å². The van der Waals surface area contributed by atoms with Crippen molar-refractivity contribution in [3.05, 3.63) is 53.4 Å². The molecule has 3 fully saturated rings. The Labute approximate surface area is 174 Å². The molecule has 1 unspecified atom stereocenters. The lowest BCUT2D eigenvalue weighted by Gasteiger charge is -2.40. The molecule has 1 N–H and O–H groups in total. The number of carbonyl (C=O) groups excluding carboxylic acids is 1. The number of anilines is 1. The highest BCUT2D eigenvalue weighted by Crippen LogP contribution is 2.45. The number of halogens is 1. The quantitative estimate of drug-likeness (QED) is 0.482. The second kappa shape index (κ2) is 7.67. The lowest BCUT2D eigenvalue weighted by Crippen LogP contribution is -2.37. The molecule has 0 amide bonds. The Bertz CT molecular complexity index is 1030. The van der Waals surface area contributed by atoms with Gasteiger partial charge in [0.25, 0.3) is 0 Å². The number of carbonyl (C=O) groups is 1. The predicted molar refractivity (Wildman–Crippen MR) is 111 cm³/mol. The van der Waals surface area contributed by atoms with Crippen LogP contribution in [-0.4, -0.2) is 20.5 Å². The highest BCUT2D eigenvalue weighted by Gasteiger charge is 2.40. The molecule has 3 aliphatic carbocycles. The van der Waals surface area contributed by atoms with E-state index in [1.165, 1.54) is 12.8 Å². The van der Waals surface area contributed by atoms with Crippen LogP contribution in [0.3, 0.4) is 0 Å². The second-order valence-corrected chi connectivity index (χ2v) is 8.49. The molecule has 150 valence electrons. The lowest BCUT2D eigenvalue weighted by atomic mass is 9.65. The van der Waals surface area contributed by atoms with E-state index in [0.29, 0.717) is 29.8 Å². The van der Waals surface area contributed by atoms with E-state index in [0.717, 1.165) is 30.2 Å². The molecule has 2 heterocycles. The van der Waals surface area contributed by atoms with Crippen molar-refractivity contribution in [2.45, 2.75) is 38.6 Å². The van der Waals surface area contributed by atoms with Crippen LogP contribution in [0, 0.1) is 17.8 Å². The molecule has 1 atom stereocenters. The minimum atomic E-state index is -0.189. The van der Waals surface area contributed by atoms with Crippen LogP contribution in [0.5, 0.6) is 0 Å². The standard InChI is InChI=1S/C22H23ClN4O2/c23-22-24-19(26-29-21(28)18-12-14-6-8-16(18)9-7-14)17-10-11-27(20(17)25-22)13-15-4-2-1-3-5-15/h1-5,10-11,14,16,18H,6-9,12-13H2,(H,24,25,26). The average molecular weight is 411 g/mol. The van der Waals surface area contributed by atoms with Gasteiger partial charge in [0, 0.05) is 12.7 Å². The van der Waals surface area contributed by atoms with Gasteiger partial charge < -0.3 is 9.40 Å². The zero-order valence-electron chi connectivity index (χ0n) is 16.1. The maximum Gasteiger partial charge on any atom is 0.335 e. The molecule has 6 rings (SSSR count). The van der Waals surface area contributed by atoms with E-state index >= 15 is 0 Å². The van der Waals surface area contributed by atoms with E-state index in [-0.39, 0.29) is 17.2 Å². The fourth-order valence-electron chi connectivity index (χ4n) is 4.86. The Kier molecular flexibility index (Phi) is 4.87. The number of nitrogens with one attached hydrogen (secondary N) is 1. The van der Waals surface area contributed by atoms with Gasteiger partial charge in [0.15, 0.2) is 5.82 Å². The van der Waals surface area contributed by atoms with Crippen LogP contribution in [0.25, 0.3) is 11.0 Å². The van der Waals surface area contributed by atoms with Crippen LogP contribution in [0.1, 0.15) is 37.7 Å². The highest BCUT2D eigenvalue weighted by atomic mass is 35.5. The summed E-state index contributed by atoms with van der Waals surface area (Å²) in [5.74, 6) is 1.35. The summed E-state index contributed by atoms with van der Waals surface area (Å²) in [5, 5.41) is 0.879. The van der Waals surface area contributed by atoms with Crippen LogP contribution in [0.2, 0.25) is 5.28 Å². The molecule has 1 aromatic carbocycles. The molecular weight excluding hydrogens is 388 g/mol. The van der Waals surface area contributed by atoms with Gasteiger partial charge in [0.2, 0.25) is 5.28 Å². The maximum atomic E-state index is 12.7. The van der Waals surface area contributed by atoms with Crippen LogP contribution >= 0.6 is 11.6 Å². The molecule has 7 heteroatoms. The van der Waals surface area contributed by atoms with Crippen molar-refractivity contribution in [3.63, 3.8) is 0 Å². The van der Waals surface area contributed by atoms with Crippen molar-refractivity contribution in [1.82, 2.24) is 14.5 Å². The summed E-state index contributed by atoms with van der Waals surface area (Å²) in [7, 11) is 0. The van der Waals surface area contributed by atoms with Gasteiger partial charge in [-0.05, 0) is 54.3 Å². The van der Waals surface area contributed by atoms with E-state index in [4.69, 9.17) is 16.4 Å². The van der Waals surface area contributed by atoms with Crippen LogP contribution in [-0.2, 0) is 16.2 Å². The number of hydrogen-bond donors (Lipinski definition) is 1. The minimum absolute atomic E-state index is 0.00882. The summed E-state index contributed by atoms with van der Waals surface area (Å²) in [6.07, 6.45) is 7.65. The fourth-order valence-corrected chi connectivity index (χ4v) is 5.03. The van der Waals surface area contributed by atoms with Gasteiger partial charge in [-0.1, -0.05) is 43.2 Å². The van der Waals surface area contributed by atoms with Crippen molar-refractivity contribution < 1.29 is 9.63 Å². The number of benzene rings is 1. The SMILES string of the molecule is O=C(ONc1nc(Cl)nc2c1ccn2Cc1ccccc1)C1CC2CCC1CC2. The van der Waals surface area contributed by atoms with Gasteiger partial charge >= 0.3 is 5.97 Å². The Morgan fingerprint density at radius 2 is 1.93 bits per heavy atom. The predicted octanol–water partition coefficient (Wildman–Crippen LogP) is 4.83. The highest BCUT2D eigenvalue weighted by molar-refractivity contribution is 6.28. The van der Waals surface area contributed by atoms with E-state index in [1.807, 2.05) is 35.0 Å². The molecule has 3 aliphatic rings. The summed E-state index contributed by atoms with van der Waals surface area (Å²) in [6.45, 7) is 0.669. The van der Waals surface area contributed by atoms with Gasteiger partial charge in [-0.3, -0.25) is 0 Å². The Morgan fingerprint density at radius 1 is 1.14 bits per heavy atom. The summed E-state index contributed by atoms with van der Waals surface area (Å²) in [6, 6.07) is 12.0. The van der Waals surface area contributed by atoms with Gasteiger partial charge in [0.1, 0.15) is 5.65 Å². The molecule has 0 aliphatic heterocycles. The van der Waals surface area contributed by atoms with Gasteiger partial charge in [-0.2, -0.15) is 15.4 Å². The first-order chi connectivity index (χ1) is 14.2. The van der Waals surface area contributed by atoms with Crippen molar-refractivity contribution in [1.29, 1.82) is 0 Å². The zero-order chi connectivity index (χ0) is 19.8. The molecule has 6 nitrogen and oxygen atoms in total. The molecule has 2 bridgehead atoms. The van der Waals surface area contributed by atoms with E-state index in [1.54, 1.807) is 0 Å². The fraction of sp³-hybridized carbons (Fsp3) is 0.409. The van der Waals surface area contributed by atoms with E-state index in [9.17, 15) is 4.79 Å². The largest absolute Gasteiger partial charge is 0.342 e. The zero-order valence-corrected chi connectivity index (χ0v) is 16.8. The number of fused-ring (bicyclic) bond motifs is 4. The molecule has 29 heavy (non-hydrogen) atoms. The second-order valence-electron chi connectivity index (χ2n) is 8.15. The molecule has 3 saturated carbocycles. The number of nitrogens with zero attached hydrogens (tertiary/aromatic N) is 3. The maximum absolute atomic E-state index is 12.7. The third-order valence-corrected chi connectivity index (χ3v) is 6.55. The minimum Gasteiger partial charge on any atom is -0.342 e. The van der Waals surface area contributed by atoms with E-state index < -0.39 is 0 Å². The van der Waals surface area contributed by atoms with Crippen LogP contribution < -0.4 is 5.48 Å². The first-order valence-electron chi connectivity index (χ1n) is 10.2. The first kappa shape index (κ1) is 18.4. The topological polar surface area (TPSA) is 69.0 Å². The molecule has 0 radical (unpaired) electrons. The monoisotopic (exact) mass is 410 g/mol. The third-order valence-electron chi connectivity index (χ3n) is 6.39. The summed E-state index contributed by atoms with van der Waals surface area (Å²) < 4.78 is 2.01. The molecule has 0 spiro atoms. The Balaban J connectivity index is 1.34. The Hall–Kier alpha value is -2.60. The molecular formula is C22H23ClN4O2. The lowest BCUT2D eigenvalue weighted by molar-refractivity contribution is -0.151. The van der Waals surface area contributed by atoms with E-state index in [2.05, 4.69) is 27.6 Å².